The molecular formula is C26H46N4O4. The third kappa shape index (κ3) is 6.72. The number of hydrogen-bond acceptors (Lipinski definition) is 5. The van der Waals surface area contributed by atoms with Crippen LogP contribution in [-0.2, 0) is 14.4 Å². The quantitative estimate of drug-likeness (QED) is 0.286. The second kappa shape index (κ2) is 11.8. The highest BCUT2D eigenvalue weighted by atomic mass is 16.5. The zero-order valence-electron chi connectivity index (χ0n) is 21.7. The summed E-state index contributed by atoms with van der Waals surface area (Å²) in [6, 6.07) is -0.0789. The number of hydrogen-bond donors (Lipinski definition) is 2. The number of carbonyl (C=O) groups excluding carboxylic acids is 3. The van der Waals surface area contributed by atoms with Gasteiger partial charge < -0.3 is 10.2 Å². The SMILES string of the molecule is CCCC[C@H](CN(O)C=O)C(=O)N[C@H](C(=O)N1CCC(N2CC3CCCC3C2)CC1)C(C)(C)C. The standard InChI is InChI=1S/C26H46N4O4/c1-5-6-8-21(17-30(34)18-31)24(32)27-23(26(2,3)4)25(33)28-13-11-22(12-14-28)29-15-19-9-7-10-20(19)16-29/h18-23,34H,5-17H2,1-4H3,(H,27,32)/t19?,20?,21-,23-/m1/s1. The van der Waals surface area contributed by atoms with Crippen LogP contribution < -0.4 is 5.32 Å². The predicted molar refractivity (Wildman–Crippen MR) is 131 cm³/mol. The average Bonchev–Trinajstić information content (AvgIpc) is 3.41. The van der Waals surface area contributed by atoms with Crippen molar-refractivity contribution in [1.29, 1.82) is 0 Å². The summed E-state index contributed by atoms with van der Waals surface area (Å²) in [6.07, 6.45) is 8.73. The van der Waals surface area contributed by atoms with E-state index in [1.165, 1.54) is 32.4 Å². The number of hydroxylamine groups is 2. The van der Waals surface area contributed by atoms with Crippen molar-refractivity contribution in [3.63, 3.8) is 0 Å². The number of nitrogens with zero attached hydrogens (tertiary/aromatic N) is 3. The second-order valence-electron chi connectivity index (χ2n) is 11.8. The summed E-state index contributed by atoms with van der Waals surface area (Å²) in [5.74, 6) is 0.919. The van der Waals surface area contributed by atoms with Crippen LogP contribution in [0, 0.1) is 23.2 Å². The van der Waals surface area contributed by atoms with Gasteiger partial charge in [-0.15, -0.1) is 0 Å². The van der Waals surface area contributed by atoms with Crippen LogP contribution >= 0.6 is 0 Å². The number of fused-ring (bicyclic) bond motifs is 1. The smallest absolute Gasteiger partial charge is 0.245 e. The molecule has 1 saturated carbocycles. The molecule has 2 unspecified atom stereocenters. The van der Waals surface area contributed by atoms with Crippen molar-refractivity contribution in [2.45, 2.75) is 91.1 Å². The number of likely N-dealkylation sites (tertiary alicyclic amines) is 2. The van der Waals surface area contributed by atoms with E-state index in [1.54, 1.807) is 0 Å². The molecular weight excluding hydrogens is 432 g/mol. The summed E-state index contributed by atoms with van der Waals surface area (Å²) in [7, 11) is 0. The molecule has 0 aromatic heterocycles. The van der Waals surface area contributed by atoms with E-state index in [1.807, 2.05) is 32.6 Å². The third-order valence-electron chi connectivity index (χ3n) is 8.25. The Labute approximate surface area is 205 Å². The Bertz CT molecular complexity index is 689. The first-order valence-electron chi connectivity index (χ1n) is 13.4. The lowest BCUT2D eigenvalue weighted by atomic mass is 9.84. The molecule has 2 N–H and O–H groups in total. The van der Waals surface area contributed by atoms with Gasteiger partial charge >= 0.3 is 0 Å². The molecule has 2 heterocycles. The molecule has 194 valence electrons. The van der Waals surface area contributed by atoms with E-state index in [0.29, 0.717) is 23.9 Å². The van der Waals surface area contributed by atoms with Crippen LogP contribution in [0.3, 0.4) is 0 Å². The lowest BCUT2D eigenvalue weighted by Crippen LogP contribution is -2.58. The van der Waals surface area contributed by atoms with Crippen LogP contribution in [0.15, 0.2) is 0 Å². The number of piperidine rings is 1. The minimum atomic E-state index is -0.643. The van der Waals surface area contributed by atoms with Crippen LogP contribution in [0.25, 0.3) is 0 Å². The van der Waals surface area contributed by atoms with Crippen LogP contribution in [-0.4, -0.2) is 83.1 Å². The van der Waals surface area contributed by atoms with Gasteiger partial charge in [0.2, 0.25) is 18.2 Å². The minimum Gasteiger partial charge on any atom is -0.344 e. The molecule has 2 saturated heterocycles. The van der Waals surface area contributed by atoms with Gasteiger partial charge in [0, 0.05) is 32.2 Å². The molecule has 3 fully saturated rings. The highest BCUT2D eigenvalue weighted by Gasteiger charge is 2.41. The van der Waals surface area contributed by atoms with E-state index >= 15 is 0 Å². The number of carbonyl (C=O) groups is 3. The molecule has 34 heavy (non-hydrogen) atoms. The zero-order valence-corrected chi connectivity index (χ0v) is 21.7. The first-order valence-corrected chi connectivity index (χ1v) is 13.4. The number of unbranched alkanes of at least 4 members (excludes halogenated alkanes) is 1. The number of nitrogens with one attached hydrogen (secondary N) is 1. The van der Waals surface area contributed by atoms with Crippen LogP contribution in [0.5, 0.6) is 0 Å². The molecule has 3 aliphatic rings. The van der Waals surface area contributed by atoms with Crippen LogP contribution in [0.1, 0.15) is 79.1 Å². The molecule has 0 spiro atoms. The normalized spacial score (nSPS) is 25.6. The summed E-state index contributed by atoms with van der Waals surface area (Å²) in [5.41, 5.74) is -0.450. The van der Waals surface area contributed by atoms with Gasteiger partial charge in [-0.3, -0.25) is 24.5 Å². The summed E-state index contributed by atoms with van der Waals surface area (Å²) in [4.78, 5) is 42.2. The molecule has 0 aromatic carbocycles. The molecule has 0 radical (unpaired) electrons. The fraction of sp³-hybridized carbons (Fsp3) is 0.885. The van der Waals surface area contributed by atoms with E-state index < -0.39 is 17.4 Å². The molecule has 8 nitrogen and oxygen atoms in total. The fourth-order valence-electron chi connectivity index (χ4n) is 6.14. The maximum absolute atomic E-state index is 13.6. The predicted octanol–water partition coefficient (Wildman–Crippen LogP) is 2.89. The van der Waals surface area contributed by atoms with Crippen molar-refractivity contribution in [3.05, 3.63) is 0 Å². The van der Waals surface area contributed by atoms with Crippen molar-refractivity contribution in [2.75, 3.05) is 32.7 Å². The lowest BCUT2D eigenvalue weighted by molar-refractivity contribution is -0.155. The summed E-state index contributed by atoms with van der Waals surface area (Å²) < 4.78 is 0. The van der Waals surface area contributed by atoms with Crippen molar-refractivity contribution >= 4 is 18.2 Å². The first kappa shape index (κ1) is 26.9. The van der Waals surface area contributed by atoms with Gasteiger partial charge in [-0.25, -0.2) is 5.06 Å². The number of rotatable bonds is 10. The average molecular weight is 479 g/mol. The van der Waals surface area contributed by atoms with Gasteiger partial charge in [-0.1, -0.05) is 47.0 Å². The van der Waals surface area contributed by atoms with E-state index in [2.05, 4.69) is 10.2 Å². The maximum Gasteiger partial charge on any atom is 0.245 e. The summed E-state index contributed by atoms with van der Waals surface area (Å²) >= 11 is 0. The van der Waals surface area contributed by atoms with Gasteiger partial charge in [-0.05, 0) is 49.4 Å². The highest BCUT2D eigenvalue weighted by Crippen LogP contribution is 2.39. The van der Waals surface area contributed by atoms with E-state index in [4.69, 9.17) is 0 Å². The van der Waals surface area contributed by atoms with Crippen molar-refractivity contribution in [2.24, 2.45) is 23.2 Å². The van der Waals surface area contributed by atoms with Crippen LogP contribution in [0.4, 0.5) is 0 Å². The Hall–Kier alpha value is -1.67. The Morgan fingerprint density at radius 3 is 2.26 bits per heavy atom. The van der Waals surface area contributed by atoms with Gasteiger partial charge in [0.15, 0.2) is 0 Å². The van der Waals surface area contributed by atoms with E-state index in [-0.39, 0.29) is 18.4 Å². The fourth-order valence-corrected chi connectivity index (χ4v) is 6.14. The molecule has 1 aliphatic carbocycles. The number of amides is 3. The molecule has 0 aromatic rings. The van der Waals surface area contributed by atoms with Gasteiger partial charge in [0.1, 0.15) is 6.04 Å². The van der Waals surface area contributed by atoms with E-state index in [9.17, 15) is 19.6 Å². The van der Waals surface area contributed by atoms with Gasteiger partial charge in [0.05, 0.1) is 12.5 Å². The molecule has 2 aliphatic heterocycles. The summed E-state index contributed by atoms with van der Waals surface area (Å²) in [5, 5.41) is 13.2. The van der Waals surface area contributed by atoms with Crippen LogP contribution in [0.2, 0.25) is 0 Å². The molecule has 8 heteroatoms. The Morgan fingerprint density at radius 1 is 1.12 bits per heavy atom. The molecule has 0 bridgehead atoms. The lowest BCUT2D eigenvalue weighted by Gasteiger charge is -2.41. The largest absolute Gasteiger partial charge is 0.344 e. The van der Waals surface area contributed by atoms with Crippen molar-refractivity contribution in [1.82, 2.24) is 20.2 Å². The zero-order chi connectivity index (χ0) is 24.9. The Kier molecular flexibility index (Phi) is 9.38. The second-order valence-corrected chi connectivity index (χ2v) is 11.8. The third-order valence-corrected chi connectivity index (χ3v) is 8.25. The summed E-state index contributed by atoms with van der Waals surface area (Å²) in [6.45, 7) is 11.8. The van der Waals surface area contributed by atoms with Gasteiger partial charge in [-0.2, -0.15) is 0 Å². The maximum atomic E-state index is 13.6. The van der Waals surface area contributed by atoms with Gasteiger partial charge in [0.25, 0.3) is 0 Å². The van der Waals surface area contributed by atoms with Crippen molar-refractivity contribution < 1.29 is 19.6 Å². The topological polar surface area (TPSA) is 93.2 Å². The Morgan fingerprint density at radius 2 is 1.74 bits per heavy atom. The Balaban J connectivity index is 1.58. The molecule has 3 rings (SSSR count). The van der Waals surface area contributed by atoms with E-state index in [0.717, 1.165) is 50.6 Å². The minimum absolute atomic E-state index is 0.0249. The molecule has 3 amide bonds. The monoisotopic (exact) mass is 478 g/mol. The molecule has 4 atom stereocenters. The van der Waals surface area contributed by atoms with Crippen molar-refractivity contribution in [3.8, 4) is 0 Å². The first-order chi connectivity index (χ1) is 16.1. The highest BCUT2D eigenvalue weighted by molar-refractivity contribution is 5.89.